The molecule has 1 heterocycles. The lowest BCUT2D eigenvalue weighted by atomic mass is 10.1. The van der Waals surface area contributed by atoms with Gasteiger partial charge in [0.25, 0.3) is 0 Å². The lowest BCUT2D eigenvalue weighted by molar-refractivity contribution is -0.138. The van der Waals surface area contributed by atoms with Crippen LogP contribution in [0.2, 0.25) is 0 Å². The number of ether oxygens (including phenoxy) is 1. The molecule has 1 aliphatic rings. The van der Waals surface area contributed by atoms with Gasteiger partial charge < -0.3 is 15.0 Å². The minimum Gasteiger partial charge on any atom is -0.497 e. The summed E-state index contributed by atoms with van der Waals surface area (Å²) in [4.78, 5) is 26.1. The molecule has 0 unspecified atom stereocenters. The van der Waals surface area contributed by atoms with Crippen molar-refractivity contribution in [1.29, 1.82) is 0 Å². The maximum Gasteiger partial charge on any atom is 0.248 e. The number of nitrogens with zero attached hydrogens (tertiary/aromatic N) is 1. The predicted molar refractivity (Wildman–Crippen MR) is 84.4 cm³/mol. The van der Waals surface area contributed by atoms with Gasteiger partial charge in [-0.05, 0) is 24.3 Å². The Morgan fingerprint density at radius 2 is 2.00 bits per heavy atom. The van der Waals surface area contributed by atoms with E-state index in [2.05, 4.69) is 5.32 Å². The molecule has 0 saturated carbocycles. The van der Waals surface area contributed by atoms with Crippen LogP contribution in [-0.2, 0) is 9.59 Å². The van der Waals surface area contributed by atoms with Crippen LogP contribution < -0.4 is 10.1 Å². The second-order valence-corrected chi connectivity index (χ2v) is 6.20. The summed E-state index contributed by atoms with van der Waals surface area (Å²) in [5.74, 6) is 1.74. The second-order valence-electron chi connectivity index (χ2n) is 5.20. The number of hydrogen-bond donors (Lipinski definition) is 1. The number of rotatable bonds is 4. The second kappa shape index (κ2) is 6.85. The molecule has 2 rings (SSSR count). The topological polar surface area (TPSA) is 58.6 Å². The number of hydrogen-bond acceptors (Lipinski definition) is 4. The van der Waals surface area contributed by atoms with Gasteiger partial charge in [-0.1, -0.05) is 13.8 Å². The lowest BCUT2D eigenvalue weighted by Gasteiger charge is -2.24. The molecule has 1 atom stereocenters. The lowest BCUT2D eigenvalue weighted by Crippen LogP contribution is -2.46. The first kappa shape index (κ1) is 15.7. The smallest absolute Gasteiger partial charge is 0.248 e. The number of nitrogens with one attached hydrogen (secondary N) is 1. The number of thioether (sulfide) groups is 1. The van der Waals surface area contributed by atoms with Crippen molar-refractivity contribution in [1.82, 2.24) is 4.90 Å². The van der Waals surface area contributed by atoms with Crippen molar-refractivity contribution in [2.75, 3.05) is 24.1 Å². The summed E-state index contributed by atoms with van der Waals surface area (Å²) in [6, 6.07) is 6.75. The van der Waals surface area contributed by atoms with Gasteiger partial charge in [0.05, 0.1) is 13.0 Å². The average Bonchev–Trinajstić information content (AvgIpc) is 2.96. The van der Waals surface area contributed by atoms with Crippen molar-refractivity contribution in [3.8, 4) is 5.75 Å². The summed E-state index contributed by atoms with van der Waals surface area (Å²) in [5, 5.41) is 2.86. The summed E-state index contributed by atoms with van der Waals surface area (Å²) < 4.78 is 5.08. The largest absolute Gasteiger partial charge is 0.497 e. The van der Waals surface area contributed by atoms with Crippen molar-refractivity contribution in [2.24, 2.45) is 5.92 Å². The number of benzene rings is 1. The third kappa shape index (κ3) is 3.69. The number of methoxy groups -OCH3 is 1. The first-order valence-electron chi connectivity index (χ1n) is 6.86. The molecular formula is C15H20N2O3S. The van der Waals surface area contributed by atoms with E-state index in [1.165, 1.54) is 0 Å². The minimum absolute atomic E-state index is 0.0230. The molecule has 5 nitrogen and oxygen atoms in total. The van der Waals surface area contributed by atoms with Crippen molar-refractivity contribution >= 4 is 29.3 Å². The molecule has 0 spiro atoms. The van der Waals surface area contributed by atoms with Gasteiger partial charge in [-0.25, -0.2) is 0 Å². The van der Waals surface area contributed by atoms with E-state index in [-0.39, 0.29) is 17.7 Å². The highest BCUT2D eigenvalue weighted by Gasteiger charge is 2.35. The molecule has 0 bridgehead atoms. The number of anilines is 1. The monoisotopic (exact) mass is 308 g/mol. The third-order valence-electron chi connectivity index (χ3n) is 3.32. The van der Waals surface area contributed by atoms with Crippen LogP contribution in [-0.4, -0.2) is 41.5 Å². The number of carbonyl (C=O) groups is 2. The maximum atomic E-state index is 12.4. The van der Waals surface area contributed by atoms with E-state index in [1.807, 2.05) is 13.8 Å². The van der Waals surface area contributed by atoms with Crippen molar-refractivity contribution in [2.45, 2.75) is 19.9 Å². The fraction of sp³-hybridized carbons (Fsp3) is 0.467. The molecule has 2 amide bonds. The molecule has 1 aliphatic heterocycles. The van der Waals surface area contributed by atoms with Crippen LogP contribution in [0.4, 0.5) is 5.69 Å². The fourth-order valence-corrected chi connectivity index (χ4v) is 3.27. The van der Waals surface area contributed by atoms with E-state index >= 15 is 0 Å². The van der Waals surface area contributed by atoms with Crippen molar-refractivity contribution in [3.05, 3.63) is 24.3 Å². The molecule has 114 valence electrons. The molecule has 0 aromatic heterocycles. The van der Waals surface area contributed by atoms with Crippen LogP contribution >= 0.6 is 11.8 Å². The summed E-state index contributed by atoms with van der Waals surface area (Å²) in [6.45, 7) is 3.70. The molecule has 0 radical (unpaired) electrons. The minimum atomic E-state index is -0.396. The molecule has 1 N–H and O–H groups in total. The highest BCUT2D eigenvalue weighted by Crippen LogP contribution is 2.24. The quantitative estimate of drug-likeness (QED) is 0.926. The van der Waals surface area contributed by atoms with Crippen LogP contribution in [0, 0.1) is 5.92 Å². The zero-order chi connectivity index (χ0) is 15.4. The Kier molecular flexibility index (Phi) is 5.12. The molecule has 1 aromatic rings. The van der Waals surface area contributed by atoms with E-state index in [1.54, 1.807) is 48.0 Å². The highest BCUT2D eigenvalue weighted by atomic mass is 32.2. The predicted octanol–water partition coefficient (Wildman–Crippen LogP) is 2.19. The fourth-order valence-electron chi connectivity index (χ4n) is 2.11. The van der Waals surface area contributed by atoms with E-state index in [9.17, 15) is 9.59 Å². The summed E-state index contributed by atoms with van der Waals surface area (Å²) in [7, 11) is 1.60. The zero-order valence-corrected chi connectivity index (χ0v) is 13.3. The number of amides is 2. The van der Waals surface area contributed by atoms with Gasteiger partial charge in [-0.3, -0.25) is 9.59 Å². The van der Waals surface area contributed by atoms with Gasteiger partial charge in [-0.15, -0.1) is 11.8 Å². The summed E-state index contributed by atoms with van der Waals surface area (Å²) >= 11 is 1.61. The Balaban J connectivity index is 2.03. The van der Waals surface area contributed by atoms with Gasteiger partial charge in [0.2, 0.25) is 11.8 Å². The first-order valence-corrected chi connectivity index (χ1v) is 8.01. The van der Waals surface area contributed by atoms with Crippen LogP contribution in [0.3, 0.4) is 0 Å². The Labute approximate surface area is 129 Å². The molecule has 1 saturated heterocycles. The van der Waals surface area contributed by atoms with Crippen LogP contribution in [0.15, 0.2) is 24.3 Å². The van der Waals surface area contributed by atoms with Gasteiger partial charge in [0, 0.05) is 17.4 Å². The number of carbonyl (C=O) groups excluding carboxylic acids is 2. The van der Waals surface area contributed by atoms with E-state index in [0.717, 1.165) is 5.75 Å². The van der Waals surface area contributed by atoms with E-state index in [0.29, 0.717) is 17.3 Å². The SMILES string of the molecule is COc1ccc(NC(=O)[C@H]2CSCN2C(=O)C(C)C)cc1. The van der Waals surface area contributed by atoms with Crippen molar-refractivity contribution in [3.63, 3.8) is 0 Å². The van der Waals surface area contributed by atoms with Crippen LogP contribution in [0.1, 0.15) is 13.8 Å². The third-order valence-corrected chi connectivity index (χ3v) is 4.33. The normalized spacial score (nSPS) is 17.9. The van der Waals surface area contributed by atoms with Crippen LogP contribution in [0.5, 0.6) is 5.75 Å². The molecular weight excluding hydrogens is 288 g/mol. The van der Waals surface area contributed by atoms with Gasteiger partial charge in [0.15, 0.2) is 0 Å². The van der Waals surface area contributed by atoms with E-state index < -0.39 is 6.04 Å². The Hall–Kier alpha value is -1.69. The Morgan fingerprint density at radius 3 is 2.57 bits per heavy atom. The van der Waals surface area contributed by atoms with Gasteiger partial charge in [0.1, 0.15) is 11.8 Å². The van der Waals surface area contributed by atoms with Gasteiger partial charge >= 0.3 is 0 Å². The highest BCUT2D eigenvalue weighted by molar-refractivity contribution is 7.99. The molecule has 6 heteroatoms. The molecule has 1 aromatic carbocycles. The maximum absolute atomic E-state index is 12.4. The van der Waals surface area contributed by atoms with Gasteiger partial charge in [-0.2, -0.15) is 0 Å². The summed E-state index contributed by atoms with van der Waals surface area (Å²) in [5.41, 5.74) is 0.703. The Morgan fingerprint density at radius 1 is 1.33 bits per heavy atom. The zero-order valence-electron chi connectivity index (χ0n) is 12.5. The van der Waals surface area contributed by atoms with Crippen LogP contribution in [0.25, 0.3) is 0 Å². The summed E-state index contributed by atoms with van der Waals surface area (Å²) in [6.07, 6.45) is 0. The standard InChI is InChI=1S/C15H20N2O3S/c1-10(2)15(19)17-9-21-8-13(17)14(18)16-11-4-6-12(20-3)7-5-11/h4-7,10,13H,8-9H2,1-3H3,(H,16,18)/t13-/m1/s1. The molecule has 21 heavy (non-hydrogen) atoms. The van der Waals surface area contributed by atoms with E-state index in [4.69, 9.17) is 4.74 Å². The van der Waals surface area contributed by atoms with Crippen molar-refractivity contribution < 1.29 is 14.3 Å². The Bertz CT molecular complexity index is 516. The average molecular weight is 308 g/mol. The molecule has 1 fully saturated rings. The first-order chi connectivity index (χ1) is 10.0. The molecule has 0 aliphatic carbocycles.